The van der Waals surface area contributed by atoms with Gasteiger partial charge in [-0.05, 0) is 55.6 Å². The van der Waals surface area contributed by atoms with Crippen molar-refractivity contribution in [3.63, 3.8) is 0 Å². The van der Waals surface area contributed by atoms with Crippen molar-refractivity contribution in [2.24, 2.45) is 0 Å². The molecule has 0 fully saturated rings. The SMILES string of the molecule is c1ccc(-c2ccc3c4c(sc3c2)=c2ccc3c5c(ccc=4c25)=c2sc4cc(-c5ccccc5)ccc4c2=3)cc1. The largest absolute Gasteiger partial charge is 0.134 e. The maximum atomic E-state index is 2.39. The highest BCUT2D eigenvalue weighted by atomic mass is 32.1. The van der Waals surface area contributed by atoms with Gasteiger partial charge < -0.3 is 0 Å². The molecule has 0 nitrogen and oxygen atoms in total. The molecular weight excluding hydrogens is 521 g/mol. The van der Waals surface area contributed by atoms with Gasteiger partial charge in [0.25, 0.3) is 0 Å². The van der Waals surface area contributed by atoms with E-state index in [0.29, 0.717) is 0 Å². The van der Waals surface area contributed by atoms with Crippen LogP contribution >= 0.6 is 22.7 Å². The van der Waals surface area contributed by atoms with Crippen LogP contribution in [0.3, 0.4) is 0 Å². The molecule has 0 saturated heterocycles. The zero-order chi connectivity index (χ0) is 25.9. The van der Waals surface area contributed by atoms with E-state index in [1.54, 1.807) is 0 Å². The summed E-state index contributed by atoms with van der Waals surface area (Å²) in [7, 11) is 0. The molecule has 0 aliphatic heterocycles. The second-order valence-corrected chi connectivity index (χ2v) is 12.9. The molecular formula is C38H20S2. The van der Waals surface area contributed by atoms with E-state index in [0.717, 1.165) is 0 Å². The first kappa shape index (κ1) is 21.3. The Labute approximate surface area is 236 Å². The van der Waals surface area contributed by atoms with Gasteiger partial charge in [-0.15, -0.1) is 22.7 Å². The van der Waals surface area contributed by atoms with Crippen molar-refractivity contribution in [3.05, 3.63) is 162 Å². The van der Waals surface area contributed by atoms with Crippen LogP contribution in [0.2, 0.25) is 0 Å². The Bertz CT molecular complexity index is 2590. The van der Waals surface area contributed by atoms with Crippen LogP contribution in [0.4, 0.5) is 0 Å². The van der Waals surface area contributed by atoms with Crippen LogP contribution in [0.15, 0.2) is 121 Å². The molecule has 0 unspecified atom stereocenters. The molecule has 2 heteroatoms. The van der Waals surface area contributed by atoms with Gasteiger partial charge in [-0.2, -0.15) is 0 Å². The van der Waals surface area contributed by atoms with E-state index in [1.807, 2.05) is 22.7 Å². The van der Waals surface area contributed by atoms with Crippen molar-refractivity contribution in [1.82, 2.24) is 0 Å². The summed E-state index contributed by atoms with van der Waals surface area (Å²) in [5.74, 6) is 0. The van der Waals surface area contributed by atoms with Gasteiger partial charge in [0.1, 0.15) is 0 Å². The normalized spacial score (nSPS) is 12.5. The fourth-order valence-corrected chi connectivity index (χ4v) is 9.59. The Morgan fingerprint density at radius 3 is 1.23 bits per heavy atom. The lowest BCUT2D eigenvalue weighted by molar-refractivity contribution is 1.60. The zero-order valence-corrected chi connectivity index (χ0v) is 23.0. The first-order valence-electron chi connectivity index (χ1n) is 13.7. The summed E-state index contributed by atoms with van der Waals surface area (Å²) >= 11 is 3.90. The number of benzene rings is 6. The zero-order valence-electron chi connectivity index (χ0n) is 21.4. The van der Waals surface area contributed by atoms with E-state index in [9.17, 15) is 0 Å². The lowest BCUT2D eigenvalue weighted by Gasteiger charge is -2.02. The van der Waals surface area contributed by atoms with Crippen LogP contribution in [-0.2, 0) is 0 Å². The van der Waals surface area contributed by atoms with Gasteiger partial charge in [0.2, 0.25) is 0 Å². The number of hydrogen-bond acceptors (Lipinski definition) is 2. The molecule has 0 spiro atoms. The van der Waals surface area contributed by atoms with Gasteiger partial charge in [-0.25, -0.2) is 0 Å². The molecule has 2 aromatic heterocycles. The third-order valence-corrected chi connectivity index (χ3v) is 11.2. The monoisotopic (exact) mass is 540 g/mol. The summed E-state index contributed by atoms with van der Waals surface area (Å²) in [6.07, 6.45) is 0. The molecule has 0 amide bonds. The van der Waals surface area contributed by atoms with Crippen LogP contribution in [0, 0.1) is 40.4 Å². The van der Waals surface area contributed by atoms with Gasteiger partial charge >= 0.3 is 0 Å². The van der Waals surface area contributed by atoms with Crippen LogP contribution in [0.1, 0.15) is 0 Å². The van der Waals surface area contributed by atoms with Gasteiger partial charge in [0, 0.05) is 50.1 Å². The Morgan fingerprint density at radius 2 is 0.775 bits per heavy atom. The second kappa shape index (κ2) is 7.57. The van der Waals surface area contributed by atoms with Crippen molar-refractivity contribution in [1.29, 1.82) is 0 Å². The topological polar surface area (TPSA) is 0 Å². The van der Waals surface area contributed by atoms with E-state index in [4.69, 9.17) is 0 Å². The van der Waals surface area contributed by atoms with Crippen LogP contribution in [0.5, 0.6) is 0 Å². The van der Waals surface area contributed by atoms with Gasteiger partial charge in [-0.3, -0.25) is 0 Å². The quantitative estimate of drug-likeness (QED) is 0.205. The first-order chi connectivity index (χ1) is 19.8. The van der Waals surface area contributed by atoms with E-state index < -0.39 is 0 Å². The van der Waals surface area contributed by atoms with Crippen molar-refractivity contribution in [2.45, 2.75) is 0 Å². The highest BCUT2D eigenvalue weighted by Crippen LogP contribution is 2.39. The highest BCUT2D eigenvalue weighted by Gasteiger charge is 2.18. The predicted octanol–water partition coefficient (Wildman–Crippen LogP) is 10.4. The molecule has 40 heavy (non-hydrogen) atoms. The van der Waals surface area contributed by atoms with Crippen molar-refractivity contribution in [3.8, 4) is 22.3 Å². The Kier molecular flexibility index (Phi) is 4.04. The van der Waals surface area contributed by atoms with Crippen LogP contribution in [-0.4, -0.2) is 0 Å². The number of fused-ring (bicyclic) bond motifs is 6. The van der Waals surface area contributed by atoms with E-state index in [-0.39, 0.29) is 0 Å². The minimum Gasteiger partial charge on any atom is -0.134 e. The second-order valence-electron chi connectivity index (χ2n) is 10.8. The summed E-state index contributed by atoms with van der Waals surface area (Å²) in [6, 6.07) is 45.0. The average molecular weight is 541 g/mol. The van der Waals surface area contributed by atoms with E-state index >= 15 is 0 Å². The van der Waals surface area contributed by atoms with Gasteiger partial charge in [-0.1, -0.05) is 109 Å². The Hall–Kier alpha value is -4.50. The van der Waals surface area contributed by atoms with Gasteiger partial charge in [0.15, 0.2) is 0 Å². The molecule has 2 heterocycles. The maximum Gasteiger partial charge on any atom is 0.0440 e. The summed E-state index contributed by atoms with van der Waals surface area (Å²) in [6.45, 7) is 0. The minimum atomic E-state index is 1.27. The van der Waals surface area contributed by atoms with E-state index in [2.05, 4.69) is 121 Å². The molecule has 2 aliphatic carbocycles. The third-order valence-electron chi connectivity index (χ3n) is 8.78. The summed E-state index contributed by atoms with van der Waals surface area (Å²) in [5, 5.41) is 14.1. The number of hydrogen-bond donors (Lipinski definition) is 0. The van der Waals surface area contributed by atoms with Crippen molar-refractivity contribution < 1.29 is 0 Å². The standard InChI is InChI=1S/C38H20S2/c1-3-7-21(8-4-1)23-11-13-25-31(19-23)39-37-29-17-16-28-34-30(18-15-27(33(29)34)35(25)37)38-36(28)26-14-12-24(20-32(26)40-38)22-9-5-2-6-10-22/h1-20H. The predicted molar refractivity (Wildman–Crippen MR) is 169 cm³/mol. The Morgan fingerprint density at radius 1 is 0.350 bits per heavy atom. The van der Waals surface area contributed by atoms with Crippen molar-refractivity contribution >= 4 is 53.6 Å². The molecule has 0 atom stereocenters. The van der Waals surface area contributed by atoms with Crippen LogP contribution in [0.25, 0.3) is 53.2 Å². The van der Waals surface area contributed by atoms with Crippen molar-refractivity contribution in [2.75, 3.05) is 0 Å². The molecule has 0 saturated carbocycles. The summed E-state index contributed by atoms with van der Waals surface area (Å²) in [5.41, 5.74) is 5.12. The lowest BCUT2D eigenvalue weighted by atomic mass is 10.0. The minimum absolute atomic E-state index is 1.27. The third kappa shape index (κ3) is 2.65. The van der Waals surface area contributed by atoms with Gasteiger partial charge in [0.05, 0.1) is 0 Å². The Balaban J connectivity index is 1.29. The summed E-state index contributed by atoms with van der Waals surface area (Å²) in [4.78, 5) is 0. The summed E-state index contributed by atoms with van der Waals surface area (Å²) < 4.78 is 5.58. The lowest BCUT2D eigenvalue weighted by Crippen LogP contribution is -1.80. The highest BCUT2D eigenvalue weighted by molar-refractivity contribution is 7.17. The number of rotatable bonds is 2. The molecule has 0 radical (unpaired) electrons. The maximum absolute atomic E-state index is 2.39. The molecule has 0 N–H and O–H groups in total. The fraction of sp³-hybridized carbons (Fsp3) is 0. The average Bonchev–Trinajstić information content (AvgIpc) is 3.74. The molecule has 2 aliphatic rings. The first-order valence-corrected chi connectivity index (χ1v) is 15.3. The molecule has 6 aromatic carbocycles. The molecule has 10 rings (SSSR count). The van der Waals surface area contributed by atoms with Crippen LogP contribution < -0.4 is 0 Å². The molecule has 184 valence electrons. The molecule has 8 aromatic rings. The van der Waals surface area contributed by atoms with E-state index in [1.165, 1.54) is 93.6 Å². The molecule has 0 bridgehead atoms. The smallest absolute Gasteiger partial charge is 0.0440 e. The fourth-order valence-electron chi connectivity index (χ4n) is 7.02. The number of thiophene rings is 2.